The van der Waals surface area contributed by atoms with Crippen LogP contribution in [0.5, 0.6) is 0 Å². The normalized spacial score (nSPS) is 12.6. The molecule has 1 atom stereocenters. The number of rotatable bonds is 6. The number of hydrogen-bond donors (Lipinski definition) is 3. The Kier molecular flexibility index (Phi) is 5.55. The van der Waals surface area contributed by atoms with E-state index in [0.29, 0.717) is 22.0 Å². The average molecular weight is 419 g/mol. The van der Waals surface area contributed by atoms with Gasteiger partial charge < -0.3 is 4.98 Å². The largest absolute Gasteiger partial charge is 0.355 e. The number of aromatic amines is 1. The molecule has 0 aliphatic carbocycles. The Balaban J connectivity index is 1.83. The molecule has 3 rings (SSSR count). The highest BCUT2D eigenvalue weighted by Crippen LogP contribution is 2.26. The molecule has 0 fully saturated rings. The molecule has 0 saturated carbocycles. The maximum atomic E-state index is 12.8. The first kappa shape index (κ1) is 20.1. The lowest BCUT2D eigenvalue weighted by molar-refractivity contribution is 0.103. The predicted molar refractivity (Wildman–Crippen MR) is 109 cm³/mol. The van der Waals surface area contributed by atoms with Gasteiger partial charge in [-0.3, -0.25) is 14.5 Å². The zero-order valence-corrected chi connectivity index (χ0v) is 16.8. The molecule has 146 valence electrons. The van der Waals surface area contributed by atoms with E-state index in [9.17, 15) is 13.2 Å². The lowest BCUT2D eigenvalue weighted by Gasteiger charge is -2.10. The van der Waals surface area contributed by atoms with Gasteiger partial charge in [-0.15, -0.1) is 0 Å². The lowest BCUT2D eigenvalue weighted by atomic mass is 10.0. The number of carbonyl (C=O) groups excluding carboxylic acids is 1. The first-order valence-corrected chi connectivity index (χ1v) is 10.3. The fourth-order valence-electron chi connectivity index (χ4n) is 2.84. The van der Waals surface area contributed by atoms with Crippen LogP contribution in [0.4, 0.5) is 5.69 Å². The van der Waals surface area contributed by atoms with Crippen LogP contribution in [0.25, 0.3) is 0 Å². The fourth-order valence-corrected chi connectivity index (χ4v) is 3.42. The molecule has 28 heavy (non-hydrogen) atoms. The van der Waals surface area contributed by atoms with Gasteiger partial charge in [0.1, 0.15) is 0 Å². The van der Waals surface area contributed by atoms with Crippen LogP contribution in [0.15, 0.2) is 48.7 Å². The first-order chi connectivity index (χ1) is 13.1. The summed E-state index contributed by atoms with van der Waals surface area (Å²) in [6, 6.07) is 11.9. The van der Waals surface area contributed by atoms with E-state index in [0.717, 1.165) is 11.3 Å². The fraction of sp³-hybridized carbons (Fsp3) is 0.158. The van der Waals surface area contributed by atoms with Crippen molar-refractivity contribution in [3.8, 4) is 0 Å². The summed E-state index contributed by atoms with van der Waals surface area (Å²) in [6.45, 7) is 3.80. The van der Waals surface area contributed by atoms with Gasteiger partial charge in [0.15, 0.2) is 0 Å². The lowest BCUT2D eigenvalue weighted by Crippen LogP contribution is -2.21. The van der Waals surface area contributed by atoms with E-state index in [4.69, 9.17) is 16.7 Å². The SMILES string of the molecule is Cc1cc(C(C)c2ccc(NS(N)(=O)=O)cn2)[nH]c1C(=O)c1ccc(Cl)cc1. The van der Waals surface area contributed by atoms with Crippen LogP contribution in [0, 0.1) is 6.92 Å². The summed E-state index contributed by atoms with van der Waals surface area (Å²) in [5.74, 6) is -0.248. The second kappa shape index (κ2) is 7.75. The van der Waals surface area contributed by atoms with E-state index in [1.807, 2.05) is 19.9 Å². The molecule has 0 radical (unpaired) electrons. The average Bonchev–Trinajstić information content (AvgIpc) is 3.02. The minimum Gasteiger partial charge on any atom is -0.355 e. The number of carbonyl (C=O) groups is 1. The van der Waals surface area contributed by atoms with Crippen LogP contribution in [0.2, 0.25) is 5.02 Å². The number of nitrogens with two attached hydrogens (primary N) is 1. The minimum atomic E-state index is -3.85. The van der Waals surface area contributed by atoms with Crippen LogP contribution in [0.3, 0.4) is 0 Å². The number of pyridine rings is 1. The summed E-state index contributed by atoms with van der Waals surface area (Å²) in [7, 11) is -3.85. The summed E-state index contributed by atoms with van der Waals surface area (Å²) >= 11 is 5.88. The predicted octanol–water partition coefficient (Wildman–Crippen LogP) is 3.37. The zero-order chi connectivity index (χ0) is 20.5. The summed E-state index contributed by atoms with van der Waals surface area (Å²) in [5, 5.41) is 5.52. The molecule has 1 unspecified atom stereocenters. The molecule has 4 N–H and O–H groups in total. The molecule has 0 aliphatic rings. The molecule has 0 saturated heterocycles. The van der Waals surface area contributed by atoms with Crippen molar-refractivity contribution in [3.05, 3.63) is 81.9 Å². The molecule has 0 spiro atoms. The minimum absolute atomic E-state index is 0.117. The van der Waals surface area contributed by atoms with Gasteiger partial charge in [0.2, 0.25) is 5.78 Å². The van der Waals surface area contributed by atoms with E-state index >= 15 is 0 Å². The van der Waals surface area contributed by atoms with Crippen molar-refractivity contribution >= 4 is 33.3 Å². The summed E-state index contributed by atoms with van der Waals surface area (Å²) in [6.07, 6.45) is 1.39. The Labute approximate surface area is 168 Å². The number of benzene rings is 1. The van der Waals surface area contributed by atoms with Gasteiger partial charge in [-0.05, 0) is 55.0 Å². The number of hydrogen-bond acceptors (Lipinski definition) is 4. The van der Waals surface area contributed by atoms with Gasteiger partial charge in [-0.1, -0.05) is 18.5 Å². The highest BCUT2D eigenvalue weighted by molar-refractivity contribution is 7.90. The Morgan fingerprint density at radius 2 is 1.89 bits per heavy atom. The monoisotopic (exact) mass is 418 g/mol. The van der Waals surface area contributed by atoms with E-state index < -0.39 is 10.2 Å². The first-order valence-electron chi connectivity index (χ1n) is 8.40. The molecule has 0 bridgehead atoms. The number of halogens is 1. The summed E-state index contributed by atoms with van der Waals surface area (Å²) in [4.78, 5) is 20.2. The van der Waals surface area contributed by atoms with E-state index in [1.54, 1.807) is 36.4 Å². The van der Waals surface area contributed by atoms with Crippen molar-refractivity contribution in [1.82, 2.24) is 9.97 Å². The number of ketones is 1. The second-order valence-electron chi connectivity index (χ2n) is 6.46. The third-order valence-corrected chi connectivity index (χ3v) is 5.10. The van der Waals surface area contributed by atoms with Crippen molar-refractivity contribution in [2.24, 2.45) is 5.14 Å². The van der Waals surface area contributed by atoms with Crippen molar-refractivity contribution in [1.29, 1.82) is 0 Å². The van der Waals surface area contributed by atoms with Crippen molar-refractivity contribution < 1.29 is 13.2 Å². The topological polar surface area (TPSA) is 118 Å². The summed E-state index contributed by atoms with van der Waals surface area (Å²) in [5.41, 5.74) is 3.71. The Morgan fingerprint density at radius 1 is 1.21 bits per heavy atom. The molecule has 3 aromatic rings. The van der Waals surface area contributed by atoms with E-state index in [-0.39, 0.29) is 17.4 Å². The Morgan fingerprint density at radius 3 is 2.46 bits per heavy atom. The van der Waals surface area contributed by atoms with Crippen LogP contribution in [-0.4, -0.2) is 24.2 Å². The van der Waals surface area contributed by atoms with Gasteiger partial charge in [0.25, 0.3) is 10.2 Å². The number of nitrogens with zero attached hydrogens (tertiary/aromatic N) is 1. The molecule has 0 amide bonds. The van der Waals surface area contributed by atoms with Crippen LogP contribution in [-0.2, 0) is 10.2 Å². The molecule has 2 aromatic heterocycles. The quantitative estimate of drug-likeness (QED) is 0.532. The van der Waals surface area contributed by atoms with Gasteiger partial charge in [-0.25, -0.2) is 5.14 Å². The van der Waals surface area contributed by atoms with Gasteiger partial charge in [-0.2, -0.15) is 8.42 Å². The highest BCUT2D eigenvalue weighted by atomic mass is 35.5. The zero-order valence-electron chi connectivity index (χ0n) is 15.2. The summed E-state index contributed by atoms with van der Waals surface area (Å²) < 4.78 is 24.3. The second-order valence-corrected chi connectivity index (χ2v) is 8.19. The molecular weight excluding hydrogens is 400 g/mol. The van der Waals surface area contributed by atoms with E-state index in [2.05, 4.69) is 14.7 Å². The molecule has 7 nitrogen and oxygen atoms in total. The maximum absolute atomic E-state index is 12.8. The number of nitrogens with one attached hydrogen (secondary N) is 2. The molecule has 2 heterocycles. The van der Waals surface area contributed by atoms with Crippen LogP contribution < -0.4 is 9.86 Å². The number of aromatic nitrogens is 2. The van der Waals surface area contributed by atoms with Gasteiger partial charge in [0, 0.05) is 27.9 Å². The Bertz CT molecular complexity index is 1110. The molecule has 0 aliphatic heterocycles. The standard InChI is InChI=1S/C19H19ClN4O3S/c1-11-9-17(23-18(11)19(25)13-3-5-14(20)6-4-13)12(2)16-8-7-15(10-22-16)24-28(21,26)27/h3-10,12,23-24H,1-2H3,(H2,21,26,27). The van der Waals surface area contributed by atoms with Crippen molar-refractivity contribution in [2.45, 2.75) is 19.8 Å². The van der Waals surface area contributed by atoms with Gasteiger partial charge in [0.05, 0.1) is 17.6 Å². The third-order valence-electron chi connectivity index (χ3n) is 4.33. The third kappa shape index (κ3) is 4.59. The number of H-pyrrole nitrogens is 1. The van der Waals surface area contributed by atoms with Crippen LogP contribution in [0.1, 0.15) is 45.8 Å². The van der Waals surface area contributed by atoms with Crippen LogP contribution >= 0.6 is 11.6 Å². The molecule has 9 heteroatoms. The Hall–Kier alpha value is -2.68. The maximum Gasteiger partial charge on any atom is 0.296 e. The number of anilines is 1. The highest BCUT2D eigenvalue weighted by Gasteiger charge is 2.19. The van der Waals surface area contributed by atoms with Crippen molar-refractivity contribution in [2.75, 3.05) is 4.72 Å². The smallest absolute Gasteiger partial charge is 0.296 e. The molecular formula is C19H19ClN4O3S. The number of aryl methyl sites for hydroxylation is 1. The van der Waals surface area contributed by atoms with E-state index in [1.165, 1.54) is 6.20 Å². The van der Waals surface area contributed by atoms with Crippen molar-refractivity contribution in [3.63, 3.8) is 0 Å². The van der Waals surface area contributed by atoms with Gasteiger partial charge >= 0.3 is 0 Å². The molecule has 1 aromatic carbocycles.